The molecule has 638 valence electrons. The third-order valence-corrected chi connectivity index (χ3v) is 32.5. The smallest absolute Gasteiger partial charge is 0.339 e. The number of benzene rings is 13. The molecule has 0 unspecified atom stereocenters. The van der Waals surface area contributed by atoms with Crippen LogP contribution in [0.25, 0.3) is 0 Å². The summed E-state index contributed by atoms with van der Waals surface area (Å²) in [6.45, 7) is 9.46. The van der Waals surface area contributed by atoms with Gasteiger partial charge in [-0.3, -0.25) is 19.2 Å². The first-order chi connectivity index (χ1) is 60.7. The maximum absolute atomic E-state index is 15.6. The van der Waals surface area contributed by atoms with Gasteiger partial charge in [0.1, 0.15) is 75.9 Å². The van der Waals surface area contributed by atoms with E-state index in [4.69, 9.17) is 37.9 Å². The van der Waals surface area contributed by atoms with Crippen molar-refractivity contribution >= 4 is 117 Å². The molecular weight excluding hydrogens is 1670 g/mol. The van der Waals surface area contributed by atoms with E-state index >= 15 is 56.6 Å². The SMILES string of the molecule is Cc1cc(C)c(C(=O)P(=O)(c2ccccc2)c2ccccc2)c(OCCOC(=O)c2cc(C(=O)OCCOc3cc(C)cc(C)c3C(=O)P(=O)(c3ccccc3)c3ccccc3)c(C(=O)OCCOc3cc(C)cc(C)c3C(=O)P(=O)(c3ccccc3)c3ccccc3)cc2C(=O)OCCOc2cc(C)cc(C)c2C(=O)P(=O)(c2ccccc2)c2ccccc2)c1. The number of esters is 4. The topological polar surface area (TPSA) is 279 Å². The highest BCUT2D eigenvalue weighted by atomic mass is 31.2. The van der Waals surface area contributed by atoms with E-state index in [-0.39, 0.29) is 87.7 Å². The standard InChI is InChI=1S/C102H90O20P4/c1-67-57-71(5)91(99(107)123(111,75-33-17-9-18-34-75)76-35-19-10-20-36-76)87(61-67)115-49-53-119-95(103)83-65-85(97(105)121-55-51-117-89-63-69(3)59-73(7)93(89)101(109)125(113,79-41-25-13-26-42-79)80-43-27-14-28-44-80)86(98(106)122-56-52-118-90-64-70(4)60-74(8)94(90)102(110)126(114,81-45-29-15-30-46-81)82-47-31-16-32-48-82)66-84(83)96(104)120-54-50-116-88-62-68(2)58-72(6)92(88)100(108)124(112,77-37-21-11-22-38-77)78-39-23-12-24-40-78/h9-48,57-66H,49-56H2,1-8H3. The molecule has 0 spiro atoms. The van der Waals surface area contributed by atoms with Crippen molar-refractivity contribution in [3.63, 3.8) is 0 Å². The number of ether oxygens (including phenoxy) is 8. The molecule has 0 N–H and O–H groups in total. The Balaban J connectivity index is 0.841. The van der Waals surface area contributed by atoms with Gasteiger partial charge in [0.05, 0.1) is 44.5 Å². The minimum absolute atomic E-state index is 0.00144. The maximum atomic E-state index is 15.6. The molecule has 0 heterocycles. The predicted octanol–water partition coefficient (Wildman–Crippen LogP) is 17.7. The molecular formula is C102H90O20P4. The van der Waals surface area contributed by atoms with Gasteiger partial charge in [-0.2, -0.15) is 0 Å². The fourth-order valence-corrected chi connectivity index (χ4v) is 25.5. The van der Waals surface area contributed by atoms with Crippen LogP contribution in [0.3, 0.4) is 0 Å². The summed E-state index contributed by atoms with van der Waals surface area (Å²) in [4.78, 5) is 121. The molecule has 0 radical (unpaired) electrons. The van der Waals surface area contributed by atoms with Gasteiger partial charge in [-0.1, -0.05) is 267 Å². The van der Waals surface area contributed by atoms with Gasteiger partial charge in [-0.25, -0.2) is 19.2 Å². The van der Waals surface area contributed by atoms with E-state index in [0.29, 0.717) is 44.5 Å². The average molecular weight is 1760 g/mol. The summed E-state index contributed by atoms with van der Waals surface area (Å²) in [7, 11) is -16.5. The Kier molecular flexibility index (Phi) is 28.7. The first-order valence-electron chi connectivity index (χ1n) is 40.5. The number of rotatable bonds is 36. The molecule has 0 aliphatic rings. The molecule has 0 saturated carbocycles. The molecule has 20 nitrogen and oxygen atoms in total. The Morgan fingerprint density at radius 1 is 0.206 bits per heavy atom. The Morgan fingerprint density at radius 3 is 0.508 bits per heavy atom. The summed E-state index contributed by atoms with van der Waals surface area (Å²) in [5.41, 5.74) is -1.25. The highest BCUT2D eigenvalue weighted by Crippen LogP contribution is 2.54. The fraction of sp³-hybridized carbons (Fsp3) is 0.157. The van der Waals surface area contributed by atoms with Gasteiger partial charge < -0.3 is 56.2 Å². The van der Waals surface area contributed by atoms with Crippen LogP contribution in [0.5, 0.6) is 23.0 Å². The molecule has 0 fully saturated rings. The minimum Gasteiger partial charge on any atom is -0.489 e. The van der Waals surface area contributed by atoms with Crippen LogP contribution in [0, 0.1) is 55.4 Å². The second-order valence-corrected chi connectivity index (χ2v) is 40.7. The molecule has 126 heavy (non-hydrogen) atoms. The van der Waals surface area contributed by atoms with Crippen LogP contribution in [0.2, 0.25) is 0 Å². The van der Waals surface area contributed by atoms with E-state index < -0.39 is 150 Å². The highest BCUT2D eigenvalue weighted by molar-refractivity contribution is 7.95. The van der Waals surface area contributed by atoms with Crippen molar-refractivity contribution in [3.8, 4) is 23.0 Å². The van der Waals surface area contributed by atoms with Crippen LogP contribution >= 0.6 is 28.6 Å². The molecule has 0 aliphatic heterocycles. The minimum atomic E-state index is -4.12. The van der Waals surface area contributed by atoms with Crippen molar-refractivity contribution in [3.05, 3.63) is 392 Å². The first kappa shape index (κ1) is 90.3. The van der Waals surface area contributed by atoms with Crippen molar-refractivity contribution in [2.45, 2.75) is 55.4 Å². The molecule has 0 atom stereocenters. The van der Waals surface area contributed by atoms with Crippen molar-refractivity contribution in [2.24, 2.45) is 0 Å². The summed E-state index contributed by atoms with van der Waals surface area (Å²) >= 11 is 0. The zero-order valence-electron chi connectivity index (χ0n) is 70.5. The monoisotopic (exact) mass is 1760 g/mol. The number of hydrogen-bond donors (Lipinski definition) is 0. The average Bonchev–Trinajstić information content (AvgIpc) is 0.757. The zero-order chi connectivity index (χ0) is 89.5. The molecule has 0 amide bonds. The molecule has 0 bridgehead atoms. The summed E-state index contributed by atoms with van der Waals surface area (Å²) in [5.74, 6) is -5.14. The lowest BCUT2D eigenvalue weighted by Gasteiger charge is -2.22. The molecule has 0 aromatic heterocycles. The number of aryl methyl sites for hydroxylation is 8. The lowest BCUT2D eigenvalue weighted by molar-refractivity contribution is 0.0389. The van der Waals surface area contributed by atoms with Crippen LogP contribution in [-0.2, 0) is 37.2 Å². The summed E-state index contributed by atoms with van der Waals surface area (Å²) in [6, 6.07) is 81.8. The van der Waals surface area contributed by atoms with Crippen molar-refractivity contribution in [1.29, 1.82) is 0 Å². The normalized spacial score (nSPS) is 11.5. The van der Waals surface area contributed by atoms with E-state index in [1.54, 1.807) is 347 Å². The second kappa shape index (κ2) is 40.0. The van der Waals surface area contributed by atoms with Crippen LogP contribution in [0.4, 0.5) is 0 Å². The van der Waals surface area contributed by atoms with Crippen LogP contribution < -0.4 is 61.4 Å². The Hall–Kier alpha value is -13.5. The van der Waals surface area contributed by atoms with E-state index in [2.05, 4.69) is 0 Å². The fourth-order valence-electron chi connectivity index (χ4n) is 15.3. The van der Waals surface area contributed by atoms with Crippen molar-refractivity contribution < 1.29 is 94.5 Å². The van der Waals surface area contributed by atoms with E-state index in [1.165, 1.54) is 0 Å². The third kappa shape index (κ3) is 19.2. The van der Waals surface area contributed by atoms with E-state index in [9.17, 15) is 0 Å². The van der Waals surface area contributed by atoms with Gasteiger partial charge in [0.2, 0.25) is 50.7 Å². The maximum Gasteiger partial charge on any atom is 0.339 e. The molecule has 13 rings (SSSR count). The zero-order valence-corrected chi connectivity index (χ0v) is 74.1. The molecule has 13 aromatic rings. The van der Waals surface area contributed by atoms with E-state index in [1.807, 2.05) is 0 Å². The second-order valence-electron chi connectivity index (χ2n) is 30.0. The Morgan fingerprint density at radius 2 is 0.357 bits per heavy atom. The predicted molar refractivity (Wildman–Crippen MR) is 490 cm³/mol. The summed E-state index contributed by atoms with van der Waals surface area (Å²) in [5, 5.41) is 2.20. The summed E-state index contributed by atoms with van der Waals surface area (Å²) < 4.78 is 111. The van der Waals surface area contributed by atoms with Crippen molar-refractivity contribution in [2.75, 3.05) is 52.9 Å². The van der Waals surface area contributed by atoms with Gasteiger partial charge >= 0.3 is 23.9 Å². The van der Waals surface area contributed by atoms with Crippen LogP contribution in [0.1, 0.15) is 127 Å². The van der Waals surface area contributed by atoms with Gasteiger partial charge in [0.15, 0.2) is 0 Å². The number of carbonyl (C=O) groups is 8. The largest absolute Gasteiger partial charge is 0.489 e. The Labute approximate surface area is 730 Å². The molecule has 0 saturated heterocycles. The van der Waals surface area contributed by atoms with Crippen LogP contribution in [0.15, 0.2) is 303 Å². The van der Waals surface area contributed by atoms with Gasteiger partial charge in [0, 0.05) is 42.4 Å². The molecule has 0 aliphatic carbocycles. The number of carbonyl (C=O) groups excluding carboxylic acids is 8. The van der Waals surface area contributed by atoms with Crippen molar-refractivity contribution in [1.82, 2.24) is 0 Å². The Bertz CT molecular complexity index is 5540. The number of hydrogen-bond acceptors (Lipinski definition) is 20. The molecule has 13 aromatic carbocycles. The lowest BCUT2D eigenvalue weighted by atomic mass is 9.98. The molecule has 24 heteroatoms. The highest BCUT2D eigenvalue weighted by Gasteiger charge is 2.44. The summed E-state index contributed by atoms with van der Waals surface area (Å²) in [6.07, 6.45) is 0. The van der Waals surface area contributed by atoms with Crippen LogP contribution in [-0.4, -0.2) is 98.8 Å². The third-order valence-electron chi connectivity index (χ3n) is 21.1. The van der Waals surface area contributed by atoms with Gasteiger partial charge in [-0.05, 0) is 136 Å². The van der Waals surface area contributed by atoms with Gasteiger partial charge in [0.25, 0.3) is 0 Å². The quantitative estimate of drug-likeness (QED) is 0.0153. The van der Waals surface area contributed by atoms with E-state index in [0.717, 1.165) is 12.1 Å². The van der Waals surface area contributed by atoms with Gasteiger partial charge in [-0.15, -0.1) is 0 Å². The first-order valence-corrected chi connectivity index (χ1v) is 47.4. The lowest BCUT2D eigenvalue weighted by Crippen LogP contribution is -2.25.